The summed E-state index contributed by atoms with van der Waals surface area (Å²) in [4.78, 5) is 0. The molecular formula is C24H26BrN. The maximum absolute atomic E-state index is 8.99. The quantitative estimate of drug-likeness (QED) is 0.403. The van der Waals surface area contributed by atoms with Gasteiger partial charge in [-0.15, -0.1) is 0 Å². The Morgan fingerprint density at radius 3 is 2.19 bits per heavy atom. The van der Waals surface area contributed by atoms with E-state index in [1.165, 1.54) is 35.1 Å². The van der Waals surface area contributed by atoms with Crippen molar-refractivity contribution in [1.82, 2.24) is 0 Å². The average Bonchev–Trinajstić information content (AvgIpc) is 2.64. The van der Waals surface area contributed by atoms with Crippen LogP contribution in [0.4, 0.5) is 0 Å². The molecule has 0 aromatic heterocycles. The van der Waals surface area contributed by atoms with Crippen LogP contribution in [0.25, 0.3) is 11.6 Å². The number of nitriles is 1. The van der Waals surface area contributed by atoms with Gasteiger partial charge in [-0.05, 0) is 63.6 Å². The van der Waals surface area contributed by atoms with Crippen LogP contribution in [0.15, 0.2) is 42.5 Å². The van der Waals surface area contributed by atoms with Gasteiger partial charge in [-0.2, -0.15) is 5.26 Å². The molecule has 2 aromatic carbocycles. The summed E-state index contributed by atoms with van der Waals surface area (Å²) in [6, 6.07) is 16.9. The van der Waals surface area contributed by atoms with Crippen LogP contribution in [0.5, 0.6) is 0 Å². The molecular weight excluding hydrogens is 382 g/mol. The summed E-state index contributed by atoms with van der Waals surface area (Å²) in [7, 11) is 0. The van der Waals surface area contributed by atoms with E-state index in [4.69, 9.17) is 5.26 Å². The number of hydrogen-bond acceptors (Lipinski definition) is 1. The second-order valence-electron chi connectivity index (χ2n) is 8.57. The van der Waals surface area contributed by atoms with Gasteiger partial charge in [-0.3, -0.25) is 0 Å². The predicted octanol–water partition coefficient (Wildman–Crippen LogP) is 6.84. The Balaban J connectivity index is 2.03. The molecule has 0 spiro atoms. The van der Waals surface area contributed by atoms with E-state index < -0.39 is 0 Å². The van der Waals surface area contributed by atoms with Gasteiger partial charge in [0.1, 0.15) is 0 Å². The van der Waals surface area contributed by atoms with Crippen LogP contribution in [-0.2, 0) is 10.8 Å². The zero-order chi connectivity index (χ0) is 18.9. The van der Waals surface area contributed by atoms with Gasteiger partial charge >= 0.3 is 0 Å². The monoisotopic (exact) mass is 407 g/mol. The van der Waals surface area contributed by atoms with Crippen molar-refractivity contribution in [1.29, 1.82) is 5.26 Å². The first-order valence-corrected chi connectivity index (χ1v) is 10.3. The molecule has 0 unspecified atom stereocenters. The molecule has 0 bridgehead atoms. The minimum absolute atomic E-state index is 0.220. The van der Waals surface area contributed by atoms with E-state index in [0.29, 0.717) is 5.56 Å². The Hall–Kier alpha value is -1.85. The normalized spacial score (nSPS) is 18.1. The lowest BCUT2D eigenvalue weighted by molar-refractivity contribution is 0.332. The van der Waals surface area contributed by atoms with E-state index in [-0.39, 0.29) is 10.8 Å². The molecule has 0 heterocycles. The third kappa shape index (κ3) is 3.64. The highest BCUT2D eigenvalue weighted by Crippen LogP contribution is 2.46. The van der Waals surface area contributed by atoms with Crippen LogP contribution in [0.3, 0.4) is 0 Å². The van der Waals surface area contributed by atoms with Crippen LogP contribution in [0.2, 0.25) is 0 Å². The number of allylic oxidation sites excluding steroid dienone is 1. The molecule has 0 radical (unpaired) electrons. The lowest BCUT2D eigenvalue weighted by Gasteiger charge is -2.42. The van der Waals surface area contributed by atoms with Crippen molar-refractivity contribution >= 4 is 27.6 Å². The Bertz CT molecular complexity index is 879. The second kappa shape index (κ2) is 7.05. The molecule has 0 saturated heterocycles. The van der Waals surface area contributed by atoms with Crippen molar-refractivity contribution in [2.75, 3.05) is 5.33 Å². The Morgan fingerprint density at radius 1 is 1.00 bits per heavy atom. The number of hydrogen-bond donors (Lipinski definition) is 0. The third-order valence-corrected chi connectivity index (χ3v) is 6.35. The van der Waals surface area contributed by atoms with Gasteiger partial charge in [0.05, 0.1) is 11.6 Å². The zero-order valence-electron chi connectivity index (χ0n) is 16.1. The van der Waals surface area contributed by atoms with Crippen molar-refractivity contribution in [3.8, 4) is 6.07 Å². The molecule has 26 heavy (non-hydrogen) atoms. The summed E-state index contributed by atoms with van der Waals surface area (Å²) in [6.45, 7) is 9.44. The Morgan fingerprint density at radius 2 is 1.62 bits per heavy atom. The number of nitrogens with zero attached hydrogens (tertiary/aromatic N) is 1. The summed E-state index contributed by atoms with van der Waals surface area (Å²) < 4.78 is 0. The molecule has 2 aromatic rings. The van der Waals surface area contributed by atoms with Crippen molar-refractivity contribution in [2.45, 2.75) is 51.4 Å². The molecule has 0 aliphatic heterocycles. The van der Waals surface area contributed by atoms with Gasteiger partial charge < -0.3 is 0 Å². The Labute approximate surface area is 165 Å². The number of alkyl halides is 1. The molecule has 1 aliphatic carbocycles. The molecule has 1 nitrogen and oxygen atoms in total. The Kier molecular flexibility index (Phi) is 5.13. The van der Waals surface area contributed by atoms with Gasteiger partial charge in [0.2, 0.25) is 0 Å². The highest BCUT2D eigenvalue weighted by molar-refractivity contribution is 9.09. The van der Waals surface area contributed by atoms with Crippen LogP contribution >= 0.6 is 15.9 Å². The first-order chi connectivity index (χ1) is 12.3. The molecule has 134 valence electrons. The minimum Gasteiger partial charge on any atom is -0.192 e. The summed E-state index contributed by atoms with van der Waals surface area (Å²) in [5.74, 6) is 0. The van der Waals surface area contributed by atoms with Crippen molar-refractivity contribution in [3.63, 3.8) is 0 Å². The number of benzene rings is 2. The lowest BCUT2D eigenvalue weighted by atomic mass is 9.63. The zero-order valence-corrected chi connectivity index (χ0v) is 17.7. The van der Waals surface area contributed by atoms with E-state index in [9.17, 15) is 0 Å². The van der Waals surface area contributed by atoms with Crippen LogP contribution < -0.4 is 0 Å². The minimum atomic E-state index is 0.220. The summed E-state index contributed by atoms with van der Waals surface area (Å²) in [5.41, 5.74) is 7.76. The van der Waals surface area contributed by atoms with Crippen LogP contribution in [-0.4, -0.2) is 5.33 Å². The summed E-state index contributed by atoms with van der Waals surface area (Å²) >= 11 is 3.63. The highest BCUT2D eigenvalue weighted by Gasteiger charge is 2.36. The first-order valence-electron chi connectivity index (χ1n) is 9.19. The van der Waals surface area contributed by atoms with Crippen molar-refractivity contribution in [2.24, 2.45) is 0 Å². The molecule has 0 saturated carbocycles. The van der Waals surface area contributed by atoms with E-state index in [1.54, 1.807) is 0 Å². The topological polar surface area (TPSA) is 23.8 Å². The summed E-state index contributed by atoms with van der Waals surface area (Å²) in [5, 5.41) is 9.77. The largest absolute Gasteiger partial charge is 0.192 e. The summed E-state index contributed by atoms with van der Waals surface area (Å²) in [6.07, 6.45) is 4.72. The molecule has 3 rings (SSSR count). The smallest absolute Gasteiger partial charge is 0.0991 e. The van der Waals surface area contributed by atoms with Gasteiger partial charge in [-0.1, -0.05) is 80.0 Å². The maximum Gasteiger partial charge on any atom is 0.0991 e. The number of rotatable bonds is 3. The van der Waals surface area contributed by atoms with Gasteiger partial charge in [0, 0.05) is 5.33 Å². The highest BCUT2D eigenvalue weighted by atomic mass is 79.9. The van der Waals surface area contributed by atoms with E-state index in [2.05, 4.69) is 74.0 Å². The standard InChI is InChI=1S/C24H26BrN/c1-23(2)11-12-24(3,4)22-14-18(7-10-21(22)23)13-20(15-25)19-8-5-17(16-26)6-9-19/h5-10,13-14H,11-12,15H2,1-4H3. The first kappa shape index (κ1) is 18.9. The molecule has 2 heteroatoms. The second-order valence-corrected chi connectivity index (χ2v) is 9.13. The molecule has 0 amide bonds. The lowest BCUT2D eigenvalue weighted by Crippen LogP contribution is -2.33. The van der Waals surface area contributed by atoms with Gasteiger partial charge in [0.15, 0.2) is 0 Å². The third-order valence-electron chi connectivity index (χ3n) is 5.75. The van der Waals surface area contributed by atoms with E-state index >= 15 is 0 Å². The number of fused-ring (bicyclic) bond motifs is 1. The SMILES string of the molecule is CC1(C)CCC(C)(C)c2cc(C=C(CBr)c3ccc(C#N)cc3)ccc21. The average molecular weight is 408 g/mol. The molecule has 0 fully saturated rings. The predicted molar refractivity (Wildman–Crippen MR) is 115 cm³/mol. The van der Waals surface area contributed by atoms with Crippen molar-refractivity contribution < 1.29 is 0 Å². The maximum atomic E-state index is 8.99. The molecule has 0 atom stereocenters. The fourth-order valence-electron chi connectivity index (χ4n) is 3.86. The van der Waals surface area contributed by atoms with Crippen LogP contribution in [0, 0.1) is 11.3 Å². The van der Waals surface area contributed by atoms with Gasteiger partial charge in [0.25, 0.3) is 0 Å². The van der Waals surface area contributed by atoms with E-state index in [1.807, 2.05) is 24.3 Å². The molecule has 1 aliphatic rings. The van der Waals surface area contributed by atoms with E-state index in [0.717, 1.165) is 10.9 Å². The fraction of sp³-hybridized carbons (Fsp3) is 0.375. The number of halogens is 1. The van der Waals surface area contributed by atoms with Gasteiger partial charge in [-0.25, -0.2) is 0 Å². The fourth-order valence-corrected chi connectivity index (χ4v) is 4.34. The van der Waals surface area contributed by atoms with Crippen LogP contribution in [0.1, 0.15) is 68.4 Å². The molecule has 0 N–H and O–H groups in total. The van der Waals surface area contributed by atoms with Crippen molar-refractivity contribution in [3.05, 3.63) is 70.3 Å².